The van der Waals surface area contributed by atoms with E-state index in [9.17, 15) is 0 Å². The van der Waals surface area contributed by atoms with Crippen molar-refractivity contribution in [3.8, 4) is 0 Å². The van der Waals surface area contributed by atoms with Crippen molar-refractivity contribution in [2.75, 3.05) is 26.0 Å². The Labute approximate surface area is 92.4 Å². The smallest absolute Gasteiger partial charge is 0.183 e. The van der Waals surface area contributed by atoms with Crippen LogP contribution in [0.1, 0.15) is 5.82 Å². The third-order valence-electron chi connectivity index (χ3n) is 2.14. The van der Waals surface area contributed by atoms with Crippen molar-refractivity contribution < 1.29 is 4.74 Å². The fourth-order valence-electron chi connectivity index (χ4n) is 1.36. The molecule has 0 aliphatic carbocycles. The minimum Gasteiger partial charge on any atom is -0.383 e. The van der Waals surface area contributed by atoms with Gasteiger partial charge < -0.3 is 20.8 Å². The molecule has 2 heterocycles. The van der Waals surface area contributed by atoms with Crippen LogP contribution in [0.4, 0.5) is 5.82 Å². The number of nitrogens with zero attached hydrogens (tertiary/aromatic N) is 3. The lowest BCUT2D eigenvalue weighted by molar-refractivity contribution is 0.199. The van der Waals surface area contributed by atoms with Gasteiger partial charge in [-0.15, -0.1) is 0 Å². The van der Waals surface area contributed by atoms with Crippen LogP contribution in [0, 0.1) is 0 Å². The molecule has 7 nitrogen and oxygen atoms in total. The fraction of sp³-hybridized carbons (Fsp3) is 0.444. The maximum atomic E-state index is 5.68. The zero-order chi connectivity index (χ0) is 11.4. The monoisotopic (exact) mass is 222 g/mol. The van der Waals surface area contributed by atoms with Gasteiger partial charge in [0.15, 0.2) is 11.5 Å². The zero-order valence-electron chi connectivity index (χ0n) is 9.03. The second-order valence-electron chi connectivity index (χ2n) is 3.31. The lowest BCUT2D eigenvalue weighted by Gasteiger charge is -2.00. The summed E-state index contributed by atoms with van der Waals surface area (Å²) in [7, 11) is 1.67. The van der Waals surface area contributed by atoms with Crippen LogP contribution >= 0.6 is 0 Å². The molecule has 0 aromatic carbocycles. The van der Waals surface area contributed by atoms with Gasteiger partial charge in [0.05, 0.1) is 13.2 Å². The largest absolute Gasteiger partial charge is 0.383 e. The lowest BCUT2D eigenvalue weighted by atomic mass is 10.5. The summed E-state index contributed by atoms with van der Waals surface area (Å²) in [4.78, 5) is 15.3. The summed E-state index contributed by atoms with van der Waals surface area (Å²) < 4.78 is 4.92. The molecule has 2 aromatic heterocycles. The topological polar surface area (TPSA) is 102 Å². The molecule has 0 unspecified atom stereocenters. The van der Waals surface area contributed by atoms with Crippen LogP contribution in [0.2, 0.25) is 0 Å². The predicted molar refractivity (Wildman–Crippen MR) is 59.7 cm³/mol. The van der Waals surface area contributed by atoms with Gasteiger partial charge in [0.1, 0.15) is 17.7 Å². The van der Waals surface area contributed by atoms with Gasteiger partial charge in [0.25, 0.3) is 0 Å². The first-order valence-corrected chi connectivity index (χ1v) is 4.96. The number of hydrogen-bond donors (Lipinski definition) is 3. The minimum absolute atomic E-state index is 0.417. The van der Waals surface area contributed by atoms with Gasteiger partial charge in [0, 0.05) is 13.7 Å². The average molecular weight is 222 g/mol. The minimum atomic E-state index is 0.417. The molecular weight excluding hydrogens is 208 g/mol. The molecule has 7 heteroatoms. The van der Waals surface area contributed by atoms with E-state index in [1.54, 1.807) is 7.11 Å². The Morgan fingerprint density at radius 2 is 2.38 bits per heavy atom. The van der Waals surface area contributed by atoms with Crippen LogP contribution in [0.5, 0.6) is 0 Å². The molecule has 0 amide bonds. The highest BCUT2D eigenvalue weighted by molar-refractivity contribution is 5.80. The van der Waals surface area contributed by atoms with Crippen molar-refractivity contribution in [2.45, 2.75) is 6.54 Å². The van der Waals surface area contributed by atoms with E-state index in [1.807, 2.05) is 0 Å². The number of rotatable bonds is 5. The number of methoxy groups -OCH3 is 1. The van der Waals surface area contributed by atoms with E-state index in [4.69, 9.17) is 10.5 Å². The normalized spacial score (nSPS) is 11.1. The van der Waals surface area contributed by atoms with Gasteiger partial charge >= 0.3 is 0 Å². The molecule has 0 saturated heterocycles. The summed E-state index contributed by atoms with van der Waals surface area (Å²) in [6, 6.07) is 0. The third kappa shape index (κ3) is 2.26. The Kier molecular flexibility index (Phi) is 3.28. The number of fused-ring (bicyclic) bond motifs is 1. The predicted octanol–water partition coefficient (Wildman–Crippen LogP) is -0.329. The molecule has 0 saturated carbocycles. The molecule has 0 spiro atoms. The highest BCUT2D eigenvalue weighted by Crippen LogP contribution is 2.12. The van der Waals surface area contributed by atoms with Crippen molar-refractivity contribution in [2.24, 2.45) is 0 Å². The fourth-order valence-corrected chi connectivity index (χ4v) is 1.36. The van der Waals surface area contributed by atoms with Crippen molar-refractivity contribution in [1.82, 2.24) is 25.3 Å². The summed E-state index contributed by atoms with van der Waals surface area (Å²) >= 11 is 0. The summed E-state index contributed by atoms with van der Waals surface area (Å²) in [5.41, 5.74) is 6.96. The van der Waals surface area contributed by atoms with E-state index >= 15 is 0 Å². The van der Waals surface area contributed by atoms with Crippen molar-refractivity contribution in [3.63, 3.8) is 0 Å². The van der Waals surface area contributed by atoms with Gasteiger partial charge in [-0.1, -0.05) is 0 Å². The SMILES string of the molecule is COCCNCc1nc2ncnc(N)c2[nH]1. The molecule has 0 radical (unpaired) electrons. The molecule has 4 N–H and O–H groups in total. The quantitative estimate of drug-likeness (QED) is 0.599. The van der Waals surface area contributed by atoms with Crippen LogP contribution in [0.15, 0.2) is 6.33 Å². The number of nitrogen functional groups attached to an aromatic ring is 1. The van der Waals surface area contributed by atoms with Crippen molar-refractivity contribution in [1.29, 1.82) is 0 Å². The lowest BCUT2D eigenvalue weighted by Crippen LogP contribution is -2.19. The van der Waals surface area contributed by atoms with Crippen LogP contribution in [-0.2, 0) is 11.3 Å². The van der Waals surface area contributed by atoms with Gasteiger partial charge in [-0.2, -0.15) is 0 Å². The van der Waals surface area contributed by atoms with E-state index in [2.05, 4.69) is 25.3 Å². The molecule has 0 aliphatic rings. The van der Waals surface area contributed by atoms with Crippen LogP contribution < -0.4 is 11.1 Å². The molecular formula is C9H14N6O. The Morgan fingerprint density at radius 1 is 1.50 bits per heavy atom. The van der Waals surface area contributed by atoms with Gasteiger partial charge in [-0.05, 0) is 0 Å². The molecule has 86 valence electrons. The third-order valence-corrected chi connectivity index (χ3v) is 2.14. The Morgan fingerprint density at radius 3 is 3.12 bits per heavy atom. The van der Waals surface area contributed by atoms with E-state index < -0.39 is 0 Å². The number of hydrogen-bond acceptors (Lipinski definition) is 6. The van der Waals surface area contributed by atoms with E-state index in [0.29, 0.717) is 30.1 Å². The van der Waals surface area contributed by atoms with Crippen molar-refractivity contribution in [3.05, 3.63) is 12.2 Å². The van der Waals surface area contributed by atoms with Gasteiger partial charge in [-0.3, -0.25) is 0 Å². The van der Waals surface area contributed by atoms with Gasteiger partial charge in [-0.25, -0.2) is 15.0 Å². The Hall–Kier alpha value is -1.73. The first-order chi connectivity index (χ1) is 7.81. The highest BCUT2D eigenvalue weighted by Gasteiger charge is 2.06. The number of nitrogens with two attached hydrogens (primary N) is 1. The van der Waals surface area contributed by atoms with E-state index in [-0.39, 0.29) is 0 Å². The maximum Gasteiger partial charge on any atom is 0.183 e. The molecule has 0 atom stereocenters. The first kappa shape index (κ1) is 10.8. The van der Waals surface area contributed by atoms with Crippen LogP contribution in [0.25, 0.3) is 11.2 Å². The number of H-pyrrole nitrogens is 1. The van der Waals surface area contributed by atoms with E-state index in [1.165, 1.54) is 6.33 Å². The number of ether oxygens (including phenoxy) is 1. The molecule has 0 fully saturated rings. The maximum absolute atomic E-state index is 5.68. The standard InChI is InChI=1S/C9H14N6O/c1-16-3-2-11-4-6-14-7-8(10)12-5-13-9(7)15-6/h5,11H,2-4H2,1H3,(H3,10,12,13,14,15). The molecule has 2 rings (SSSR count). The average Bonchev–Trinajstić information content (AvgIpc) is 2.69. The summed E-state index contributed by atoms with van der Waals surface area (Å²) in [6.07, 6.45) is 1.40. The van der Waals surface area contributed by atoms with Crippen molar-refractivity contribution >= 4 is 17.0 Å². The zero-order valence-corrected chi connectivity index (χ0v) is 9.03. The summed E-state index contributed by atoms with van der Waals surface area (Å²) in [5.74, 6) is 1.21. The number of aromatic nitrogens is 4. The summed E-state index contributed by atoms with van der Waals surface area (Å²) in [5, 5.41) is 3.18. The van der Waals surface area contributed by atoms with Gasteiger partial charge in [0.2, 0.25) is 0 Å². The van der Waals surface area contributed by atoms with E-state index in [0.717, 1.165) is 12.4 Å². The van der Waals surface area contributed by atoms with Crippen LogP contribution in [-0.4, -0.2) is 40.2 Å². The second kappa shape index (κ2) is 4.86. The molecule has 16 heavy (non-hydrogen) atoms. The molecule has 2 aromatic rings. The molecule has 0 aliphatic heterocycles. The number of aromatic amines is 1. The van der Waals surface area contributed by atoms with Crippen LogP contribution in [0.3, 0.4) is 0 Å². The Balaban J connectivity index is 2.05. The summed E-state index contributed by atoms with van der Waals surface area (Å²) in [6.45, 7) is 2.07. The number of nitrogens with one attached hydrogen (secondary N) is 2. The number of imidazole rings is 1. The molecule has 0 bridgehead atoms. The highest BCUT2D eigenvalue weighted by atomic mass is 16.5. The number of anilines is 1. The second-order valence-corrected chi connectivity index (χ2v) is 3.31. The first-order valence-electron chi connectivity index (χ1n) is 4.96. The Bertz CT molecular complexity index is 468.